The lowest BCUT2D eigenvalue weighted by molar-refractivity contribution is -0.132. The Balaban J connectivity index is 2.06. The van der Waals surface area contributed by atoms with Crippen molar-refractivity contribution in [3.8, 4) is 0 Å². The van der Waals surface area contributed by atoms with Crippen molar-refractivity contribution in [3.05, 3.63) is 24.0 Å². The summed E-state index contributed by atoms with van der Waals surface area (Å²) in [6, 6.07) is 3.96. The lowest BCUT2D eigenvalue weighted by Crippen LogP contribution is -2.37. The Labute approximate surface area is 147 Å². The molecular weight excluding hydrogens is 355 g/mol. The third kappa shape index (κ3) is 4.42. The number of cyclic esters (lactones) is 1. The van der Waals surface area contributed by atoms with E-state index in [1.807, 2.05) is 5.32 Å². The van der Waals surface area contributed by atoms with Gasteiger partial charge in [0.25, 0.3) is 5.91 Å². The number of benzene rings is 1. The van der Waals surface area contributed by atoms with Crippen LogP contribution in [0.4, 0.5) is 29.3 Å². The Morgan fingerprint density at radius 1 is 1.54 bits per heavy atom. The minimum atomic E-state index is -3.16. The first-order valence-electron chi connectivity index (χ1n) is 7.68. The molecule has 0 saturated carbocycles. The summed E-state index contributed by atoms with van der Waals surface area (Å²) >= 11 is 0. The van der Waals surface area contributed by atoms with Crippen LogP contribution >= 0.6 is 0 Å². The van der Waals surface area contributed by atoms with Crippen LogP contribution in [0.1, 0.15) is 0 Å². The highest BCUT2D eigenvalue weighted by Gasteiger charge is 2.33. The fourth-order valence-electron chi connectivity index (χ4n) is 2.42. The minimum absolute atomic E-state index is 0.0295. The predicted molar refractivity (Wildman–Crippen MR) is 88.2 cm³/mol. The van der Waals surface area contributed by atoms with Crippen LogP contribution in [0.25, 0.3) is 0 Å². The molecule has 26 heavy (non-hydrogen) atoms. The van der Waals surface area contributed by atoms with Gasteiger partial charge in [0, 0.05) is 13.1 Å². The number of nitrogens with one attached hydrogen (secondary N) is 2. The number of hydrogen-bond acceptors (Lipinski definition) is 5. The number of halogens is 3. The first-order chi connectivity index (χ1) is 12.4. The Morgan fingerprint density at radius 3 is 2.85 bits per heavy atom. The molecule has 0 bridgehead atoms. The van der Waals surface area contributed by atoms with E-state index in [-0.39, 0.29) is 37.6 Å². The molecule has 1 aliphatic rings. The van der Waals surface area contributed by atoms with E-state index in [1.54, 1.807) is 0 Å². The van der Waals surface area contributed by atoms with Gasteiger partial charge in [-0.15, -0.1) is 0 Å². The molecule has 1 heterocycles. The summed E-state index contributed by atoms with van der Waals surface area (Å²) in [5, 5.41) is 9.26. The summed E-state index contributed by atoms with van der Waals surface area (Å²) in [7, 11) is 0. The van der Waals surface area contributed by atoms with E-state index in [1.165, 1.54) is 17.0 Å². The molecule has 1 fully saturated rings. The zero-order chi connectivity index (χ0) is 19.3. The third-order valence-corrected chi connectivity index (χ3v) is 3.65. The number of amides is 2. The molecule has 1 aromatic rings. The van der Waals surface area contributed by atoms with Crippen molar-refractivity contribution in [2.45, 2.75) is 12.5 Å². The molecule has 0 unspecified atom stereocenters. The largest absolute Gasteiger partial charge is 0.442 e. The highest BCUT2D eigenvalue weighted by Crippen LogP contribution is 2.27. The molecular formula is C15H18F3N5O3. The summed E-state index contributed by atoms with van der Waals surface area (Å²) < 4.78 is 43.6. The van der Waals surface area contributed by atoms with Crippen molar-refractivity contribution in [1.29, 1.82) is 5.41 Å². The van der Waals surface area contributed by atoms with Crippen LogP contribution in [-0.4, -0.2) is 57.0 Å². The second-order valence-corrected chi connectivity index (χ2v) is 5.41. The average Bonchev–Trinajstić information content (AvgIpc) is 2.98. The second-order valence-electron chi connectivity index (χ2n) is 5.41. The van der Waals surface area contributed by atoms with E-state index in [0.717, 1.165) is 17.3 Å². The number of nitrogens with zero attached hydrogens (tertiary/aromatic N) is 2. The quantitative estimate of drug-likeness (QED) is 0.463. The lowest BCUT2D eigenvalue weighted by atomic mass is 10.2. The van der Waals surface area contributed by atoms with E-state index in [9.17, 15) is 22.8 Å². The van der Waals surface area contributed by atoms with Crippen LogP contribution in [0.5, 0.6) is 0 Å². The van der Waals surface area contributed by atoms with E-state index >= 15 is 0 Å². The highest BCUT2D eigenvalue weighted by molar-refractivity contribution is 5.90. The first-order valence-corrected chi connectivity index (χ1v) is 7.68. The summed E-state index contributed by atoms with van der Waals surface area (Å²) in [4.78, 5) is 25.2. The number of carbonyl (C=O) groups excluding carboxylic acids is 2. The maximum atomic E-state index is 14.3. The second kappa shape index (κ2) is 8.52. The molecule has 0 aliphatic carbocycles. The molecule has 1 aromatic carbocycles. The van der Waals surface area contributed by atoms with Gasteiger partial charge in [0.2, 0.25) is 0 Å². The number of rotatable bonds is 8. The lowest BCUT2D eigenvalue weighted by Gasteiger charge is -2.20. The molecule has 1 saturated heterocycles. The Bertz CT molecular complexity index is 688. The Kier molecular flexibility index (Phi) is 6.39. The fraction of sp³-hybridized carbons (Fsp3) is 0.400. The van der Waals surface area contributed by atoms with Crippen LogP contribution in [-0.2, 0) is 9.53 Å². The van der Waals surface area contributed by atoms with Crippen molar-refractivity contribution < 1.29 is 27.5 Å². The number of alkyl halides is 2. The van der Waals surface area contributed by atoms with Gasteiger partial charge in [0.15, 0.2) is 0 Å². The molecule has 4 N–H and O–H groups in total. The number of hydrogen-bond donors (Lipinski definition) is 3. The van der Waals surface area contributed by atoms with E-state index in [4.69, 9.17) is 15.9 Å². The van der Waals surface area contributed by atoms with Crippen LogP contribution in [0.15, 0.2) is 18.2 Å². The smallest absolute Gasteiger partial charge is 0.414 e. The Morgan fingerprint density at radius 2 is 2.27 bits per heavy atom. The molecule has 2 rings (SSSR count). The summed E-state index contributed by atoms with van der Waals surface area (Å²) in [5.74, 6) is -2.12. The van der Waals surface area contributed by atoms with E-state index in [2.05, 4.69) is 0 Å². The van der Waals surface area contributed by atoms with Crippen molar-refractivity contribution >= 4 is 29.7 Å². The van der Waals surface area contributed by atoms with Crippen molar-refractivity contribution in [3.63, 3.8) is 0 Å². The zero-order valence-corrected chi connectivity index (χ0v) is 13.6. The van der Waals surface area contributed by atoms with Gasteiger partial charge in [-0.05, 0) is 18.2 Å². The van der Waals surface area contributed by atoms with Gasteiger partial charge in [-0.1, -0.05) is 0 Å². The molecule has 1 atom stereocenters. The van der Waals surface area contributed by atoms with Crippen molar-refractivity contribution in [1.82, 2.24) is 5.32 Å². The summed E-state index contributed by atoms with van der Waals surface area (Å²) in [5.41, 5.74) is 5.74. The molecule has 2 amide bonds. The summed E-state index contributed by atoms with van der Waals surface area (Å²) in [6.07, 6.45) is -3.82. The molecule has 0 radical (unpaired) electrons. The van der Waals surface area contributed by atoms with Crippen molar-refractivity contribution in [2.24, 2.45) is 5.73 Å². The number of carbonyl (C=O) groups is 2. The number of ether oxygens (including phenoxy) is 1. The predicted octanol–water partition coefficient (Wildman–Crippen LogP) is 0.904. The molecule has 142 valence electrons. The SMILES string of the molecule is N=CN(CCN)c1ccc(N2C[C@H](CNC(=O)C(F)F)OC2=O)cc1F. The van der Waals surface area contributed by atoms with Crippen LogP contribution < -0.4 is 20.9 Å². The average molecular weight is 373 g/mol. The van der Waals surface area contributed by atoms with Crippen LogP contribution in [0, 0.1) is 11.2 Å². The molecule has 8 nitrogen and oxygen atoms in total. The normalized spacial score (nSPS) is 16.6. The maximum Gasteiger partial charge on any atom is 0.414 e. The van der Waals surface area contributed by atoms with Gasteiger partial charge < -0.3 is 20.7 Å². The van der Waals surface area contributed by atoms with Gasteiger partial charge in [-0.25, -0.2) is 9.18 Å². The van der Waals surface area contributed by atoms with Gasteiger partial charge >= 0.3 is 12.5 Å². The van der Waals surface area contributed by atoms with Crippen LogP contribution in [0.2, 0.25) is 0 Å². The molecule has 11 heteroatoms. The van der Waals surface area contributed by atoms with E-state index in [0.29, 0.717) is 0 Å². The highest BCUT2D eigenvalue weighted by atomic mass is 19.3. The zero-order valence-electron chi connectivity index (χ0n) is 13.6. The van der Waals surface area contributed by atoms with Gasteiger partial charge in [-0.2, -0.15) is 8.78 Å². The van der Waals surface area contributed by atoms with Crippen molar-refractivity contribution in [2.75, 3.05) is 36.0 Å². The van der Waals surface area contributed by atoms with E-state index < -0.39 is 30.3 Å². The standard InChI is InChI=1S/C15H18F3N5O3/c16-11-5-9(1-2-12(11)22(8-20)4-3-19)23-7-10(26-15(23)25)6-21-14(24)13(17)18/h1-2,5,8,10,13,20H,3-4,6-7,19H2,(H,21,24)/t10-/m0/s1. The van der Waals surface area contributed by atoms with Crippen LogP contribution in [0.3, 0.4) is 0 Å². The molecule has 1 aliphatic heterocycles. The number of anilines is 2. The fourth-order valence-corrected chi connectivity index (χ4v) is 2.42. The summed E-state index contributed by atoms with van der Waals surface area (Å²) in [6.45, 7) is 0.167. The maximum absolute atomic E-state index is 14.3. The third-order valence-electron chi connectivity index (χ3n) is 3.65. The molecule has 0 spiro atoms. The number of nitrogens with two attached hydrogens (primary N) is 1. The monoisotopic (exact) mass is 373 g/mol. The van der Waals surface area contributed by atoms with Gasteiger partial charge in [-0.3, -0.25) is 15.1 Å². The minimum Gasteiger partial charge on any atom is -0.442 e. The van der Waals surface area contributed by atoms with Gasteiger partial charge in [0.05, 0.1) is 30.8 Å². The molecule has 0 aromatic heterocycles. The van der Waals surface area contributed by atoms with Gasteiger partial charge in [0.1, 0.15) is 11.9 Å². The Hall–Kier alpha value is -2.82. The topological polar surface area (TPSA) is 112 Å². The first kappa shape index (κ1) is 19.5.